The van der Waals surface area contributed by atoms with Crippen LogP contribution in [0.3, 0.4) is 0 Å². The number of pyridine rings is 1. The van der Waals surface area contributed by atoms with E-state index in [0.717, 1.165) is 23.2 Å². The van der Waals surface area contributed by atoms with Gasteiger partial charge in [-0.15, -0.1) is 0 Å². The summed E-state index contributed by atoms with van der Waals surface area (Å²) in [5.41, 5.74) is 0.481. The van der Waals surface area contributed by atoms with E-state index >= 15 is 0 Å². The second-order valence-corrected chi connectivity index (χ2v) is 5.97. The van der Waals surface area contributed by atoms with Gasteiger partial charge in [0, 0.05) is 16.7 Å². The van der Waals surface area contributed by atoms with Gasteiger partial charge in [0.2, 0.25) is 0 Å². The van der Waals surface area contributed by atoms with Crippen LogP contribution in [0.25, 0.3) is 0 Å². The Hall–Kier alpha value is -0.900. The smallest absolute Gasteiger partial charge is 0.271 e. The zero-order chi connectivity index (χ0) is 13.0. The minimum Gasteiger partial charge on any atom is -0.348 e. The molecule has 1 saturated carbocycles. The van der Waals surface area contributed by atoms with Crippen molar-refractivity contribution in [2.75, 3.05) is 0 Å². The molecule has 0 aliphatic heterocycles. The van der Waals surface area contributed by atoms with Gasteiger partial charge in [-0.25, -0.2) is 4.98 Å². The molecule has 1 aromatic heterocycles. The van der Waals surface area contributed by atoms with Crippen LogP contribution in [0.1, 0.15) is 49.5 Å². The Labute approximate surface area is 117 Å². The number of carbonyl (C=O) groups excluding carboxylic acids is 1. The van der Waals surface area contributed by atoms with Crippen LogP contribution in [0.2, 0.25) is 0 Å². The first kappa shape index (κ1) is 13.5. The molecule has 1 aliphatic carbocycles. The normalized spacial score (nSPS) is 24.3. The Kier molecular flexibility index (Phi) is 4.75. The van der Waals surface area contributed by atoms with E-state index in [1.54, 1.807) is 6.20 Å². The lowest BCUT2D eigenvalue weighted by Crippen LogP contribution is -2.35. The van der Waals surface area contributed by atoms with Gasteiger partial charge in [0.25, 0.3) is 5.91 Å². The maximum atomic E-state index is 12.1. The molecule has 1 aliphatic rings. The number of hydrogen-bond donors (Lipinski definition) is 1. The van der Waals surface area contributed by atoms with E-state index in [1.165, 1.54) is 19.3 Å². The molecule has 1 fully saturated rings. The standard InChI is InChI=1S/C14H19BrN2O/c1-10-4-2-5-11(8-7-10)17-14(18)13-12(15)6-3-9-16-13/h3,6,9-11H,2,4-5,7-8H2,1H3,(H,17,18). The Bertz CT molecular complexity index is 422. The first-order chi connectivity index (χ1) is 8.66. The van der Waals surface area contributed by atoms with Crippen LogP contribution in [-0.2, 0) is 0 Å². The molecular formula is C14H19BrN2O. The largest absolute Gasteiger partial charge is 0.348 e. The summed E-state index contributed by atoms with van der Waals surface area (Å²) in [6, 6.07) is 3.96. The van der Waals surface area contributed by atoms with Gasteiger partial charge in [-0.2, -0.15) is 0 Å². The summed E-state index contributed by atoms with van der Waals surface area (Å²) in [6.45, 7) is 2.29. The number of amides is 1. The van der Waals surface area contributed by atoms with Crippen molar-refractivity contribution in [1.29, 1.82) is 0 Å². The molecule has 4 heteroatoms. The molecule has 1 heterocycles. The molecule has 2 atom stereocenters. The second kappa shape index (κ2) is 6.32. The maximum absolute atomic E-state index is 12.1. The highest BCUT2D eigenvalue weighted by Crippen LogP contribution is 2.23. The van der Waals surface area contributed by atoms with Crippen LogP contribution >= 0.6 is 15.9 Å². The van der Waals surface area contributed by atoms with Gasteiger partial charge in [-0.3, -0.25) is 4.79 Å². The molecule has 18 heavy (non-hydrogen) atoms. The Morgan fingerprint density at radius 2 is 2.22 bits per heavy atom. The number of halogens is 1. The van der Waals surface area contributed by atoms with Crippen LogP contribution < -0.4 is 5.32 Å². The number of nitrogens with one attached hydrogen (secondary N) is 1. The highest BCUT2D eigenvalue weighted by Gasteiger charge is 2.20. The molecule has 98 valence electrons. The van der Waals surface area contributed by atoms with Crippen molar-refractivity contribution in [3.63, 3.8) is 0 Å². The lowest BCUT2D eigenvalue weighted by Gasteiger charge is -2.16. The van der Waals surface area contributed by atoms with Crippen molar-refractivity contribution in [3.8, 4) is 0 Å². The predicted molar refractivity (Wildman–Crippen MR) is 75.4 cm³/mol. The van der Waals surface area contributed by atoms with Gasteiger partial charge >= 0.3 is 0 Å². The van der Waals surface area contributed by atoms with Crippen LogP contribution in [0.5, 0.6) is 0 Å². The van der Waals surface area contributed by atoms with Gasteiger partial charge in [0.1, 0.15) is 5.69 Å². The van der Waals surface area contributed by atoms with E-state index in [0.29, 0.717) is 11.7 Å². The highest BCUT2D eigenvalue weighted by atomic mass is 79.9. The zero-order valence-electron chi connectivity index (χ0n) is 10.7. The van der Waals surface area contributed by atoms with Crippen LogP contribution in [0.15, 0.2) is 22.8 Å². The third kappa shape index (κ3) is 3.55. The van der Waals surface area contributed by atoms with E-state index in [-0.39, 0.29) is 5.91 Å². The Balaban J connectivity index is 1.97. The highest BCUT2D eigenvalue weighted by molar-refractivity contribution is 9.10. The molecular weight excluding hydrogens is 292 g/mol. The summed E-state index contributed by atoms with van der Waals surface area (Å²) in [7, 11) is 0. The third-order valence-corrected chi connectivity index (χ3v) is 4.21. The van der Waals surface area contributed by atoms with Crippen molar-refractivity contribution >= 4 is 21.8 Å². The topological polar surface area (TPSA) is 42.0 Å². The van der Waals surface area contributed by atoms with Gasteiger partial charge in [-0.05, 0) is 53.2 Å². The predicted octanol–water partition coefficient (Wildman–Crippen LogP) is 3.54. The second-order valence-electron chi connectivity index (χ2n) is 5.12. The van der Waals surface area contributed by atoms with Crippen molar-refractivity contribution in [2.45, 2.75) is 45.1 Å². The van der Waals surface area contributed by atoms with E-state index in [2.05, 4.69) is 33.2 Å². The van der Waals surface area contributed by atoms with E-state index in [1.807, 2.05) is 12.1 Å². The molecule has 1 aromatic rings. The number of carbonyl (C=O) groups is 1. The number of rotatable bonds is 2. The molecule has 0 bridgehead atoms. The molecule has 3 nitrogen and oxygen atoms in total. The molecule has 0 spiro atoms. The minimum absolute atomic E-state index is 0.0676. The quantitative estimate of drug-likeness (QED) is 0.849. The van der Waals surface area contributed by atoms with Crippen molar-refractivity contribution in [1.82, 2.24) is 10.3 Å². The molecule has 2 rings (SSSR count). The maximum Gasteiger partial charge on any atom is 0.271 e. The molecule has 0 aromatic carbocycles. The SMILES string of the molecule is CC1CCCC(NC(=O)c2ncccc2Br)CC1. The van der Waals surface area contributed by atoms with Gasteiger partial charge in [0.05, 0.1) is 0 Å². The first-order valence-electron chi connectivity index (χ1n) is 6.58. The van der Waals surface area contributed by atoms with E-state index in [4.69, 9.17) is 0 Å². The van der Waals surface area contributed by atoms with E-state index in [9.17, 15) is 4.79 Å². The molecule has 2 unspecified atom stereocenters. The Morgan fingerprint density at radius 3 is 3.00 bits per heavy atom. The first-order valence-corrected chi connectivity index (χ1v) is 7.37. The molecule has 1 N–H and O–H groups in total. The summed E-state index contributed by atoms with van der Waals surface area (Å²) in [5.74, 6) is 0.718. The van der Waals surface area contributed by atoms with Crippen molar-refractivity contribution < 1.29 is 4.79 Å². The molecule has 0 radical (unpaired) electrons. The Morgan fingerprint density at radius 1 is 1.39 bits per heavy atom. The molecule has 1 amide bonds. The van der Waals surface area contributed by atoms with Gasteiger partial charge in [0.15, 0.2) is 0 Å². The monoisotopic (exact) mass is 310 g/mol. The summed E-state index contributed by atoms with van der Waals surface area (Å²) < 4.78 is 0.754. The number of aromatic nitrogens is 1. The fourth-order valence-electron chi connectivity index (χ4n) is 2.44. The van der Waals surface area contributed by atoms with Crippen LogP contribution in [0, 0.1) is 5.92 Å². The summed E-state index contributed by atoms with van der Waals surface area (Å²) in [6.07, 6.45) is 7.50. The lowest BCUT2D eigenvalue weighted by atomic mass is 10.0. The zero-order valence-corrected chi connectivity index (χ0v) is 12.2. The fraction of sp³-hybridized carbons (Fsp3) is 0.571. The lowest BCUT2D eigenvalue weighted by molar-refractivity contribution is 0.0927. The average Bonchev–Trinajstić information content (AvgIpc) is 2.55. The average molecular weight is 311 g/mol. The van der Waals surface area contributed by atoms with E-state index < -0.39 is 0 Å². The molecule has 0 saturated heterocycles. The van der Waals surface area contributed by atoms with Gasteiger partial charge < -0.3 is 5.32 Å². The van der Waals surface area contributed by atoms with Crippen molar-refractivity contribution in [3.05, 3.63) is 28.5 Å². The number of hydrogen-bond acceptors (Lipinski definition) is 2. The number of nitrogens with zero attached hydrogens (tertiary/aromatic N) is 1. The van der Waals surface area contributed by atoms with Crippen LogP contribution in [0.4, 0.5) is 0 Å². The summed E-state index contributed by atoms with van der Waals surface area (Å²) in [4.78, 5) is 16.2. The van der Waals surface area contributed by atoms with Crippen molar-refractivity contribution in [2.24, 2.45) is 5.92 Å². The fourth-order valence-corrected chi connectivity index (χ4v) is 2.87. The minimum atomic E-state index is -0.0676. The summed E-state index contributed by atoms with van der Waals surface area (Å²) >= 11 is 3.36. The van der Waals surface area contributed by atoms with Crippen LogP contribution in [-0.4, -0.2) is 16.9 Å². The third-order valence-electron chi connectivity index (χ3n) is 3.57. The van der Waals surface area contributed by atoms with Gasteiger partial charge in [-0.1, -0.05) is 19.8 Å². The summed E-state index contributed by atoms with van der Waals surface area (Å²) in [5, 5.41) is 3.11.